The van der Waals surface area contributed by atoms with E-state index in [1.54, 1.807) is 19.2 Å². The molecule has 1 N–H and O–H groups in total. The molecule has 3 aromatic carbocycles. The first kappa shape index (κ1) is 19.2. The van der Waals surface area contributed by atoms with E-state index in [1.165, 1.54) is 0 Å². The number of nitrogens with one attached hydrogen (secondary N) is 1. The third-order valence-corrected chi connectivity index (χ3v) is 4.31. The Hall–Kier alpha value is -4.13. The molecule has 30 heavy (non-hydrogen) atoms. The Morgan fingerprint density at radius 1 is 0.900 bits per heavy atom. The summed E-state index contributed by atoms with van der Waals surface area (Å²) in [5.74, 6) is 1.54. The van der Waals surface area contributed by atoms with E-state index in [0.29, 0.717) is 40.0 Å². The Bertz CT molecular complexity index is 1140. The van der Waals surface area contributed by atoms with Crippen molar-refractivity contribution < 1.29 is 18.8 Å². The van der Waals surface area contributed by atoms with Crippen LogP contribution in [0, 0.1) is 0 Å². The van der Waals surface area contributed by atoms with E-state index in [9.17, 15) is 4.79 Å². The molecule has 0 bridgehead atoms. The predicted molar refractivity (Wildman–Crippen MR) is 112 cm³/mol. The Morgan fingerprint density at radius 3 is 2.33 bits per heavy atom. The van der Waals surface area contributed by atoms with Crippen molar-refractivity contribution in [1.29, 1.82) is 0 Å². The first-order valence-corrected chi connectivity index (χ1v) is 9.29. The molecule has 1 amide bonds. The quantitative estimate of drug-likeness (QED) is 0.493. The molecule has 0 saturated carbocycles. The monoisotopic (exact) mass is 401 g/mol. The number of ether oxygens (including phenoxy) is 2. The lowest BCUT2D eigenvalue weighted by Crippen LogP contribution is -2.20. The zero-order valence-corrected chi connectivity index (χ0v) is 16.2. The summed E-state index contributed by atoms with van der Waals surface area (Å²) in [5, 5.41) is 6.85. The minimum absolute atomic E-state index is 0.150. The van der Waals surface area contributed by atoms with Crippen LogP contribution in [0.5, 0.6) is 11.5 Å². The number of para-hydroxylation sites is 3. The molecule has 0 saturated heterocycles. The van der Waals surface area contributed by atoms with Crippen molar-refractivity contribution in [2.75, 3.05) is 19.0 Å². The summed E-state index contributed by atoms with van der Waals surface area (Å²) < 4.78 is 16.5. The highest BCUT2D eigenvalue weighted by Crippen LogP contribution is 2.32. The molecule has 0 radical (unpaired) electrons. The second-order valence-electron chi connectivity index (χ2n) is 6.32. The van der Waals surface area contributed by atoms with Crippen LogP contribution in [0.3, 0.4) is 0 Å². The van der Waals surface area contributed by atoms with Crippen LogP contribution in [-0.4, -0.2) is 29.8 Å². The fourth-order valence-corrected chi connectivity index (χ4v) is 2.90. The number of carbonyl (C=O) groups excluding carboxylic acids is 1. The first-order valence-electron chi connectivity index (χ1n) is 9.29. The molecule has 0 fully saturated rings. The van der Waals surface area contributed by atoms with Gasteiger partial charge in [0.1, 0.15) is 11.5 Å². The number of aromatic nitrogens is 2. The lowest BCUT2D eigenvalue weighted by atomic mass is 10.2. The number of hydrogen-bond acceptors (Lipinski definition) is 6. The van der Waals surface area contributed by atoms with Crippen LogP contribution in [0.1, 0.15) is 0 Å². The lowest BCUT2D eigenvalue weighted by Gasteiger charge is -2.09. The molecule has 150 valence electrons. The van der Waals surface area contributed by atoms with Gasteiger partial charge in [0.05, 0.1) is 18.2 Å². The highest BCUT2D eigenvalue weighted by atomic mass is 16.5. The summed E-state index contributed by atoms with van der Waals surface area (Å²) in [5.41, 5.74) is 2.02. The number of anilines is 1. The molecular weight excluding hydrogens is 382 g/mol. The molecular formula is C23H19N3O4. The van der Waals surface area contributed by atoms with Gasteiger partial charge in [-0.25, -0.2) is 0 Å². The Kier molecular flexibility index (Phi) is 5.70. The van der Waals surface area contributed by atoms with E-state index in [2.05, 4.69) is 15.5 Å². The maximum Gasteiger partial charge on any atom is 0.262 e. The van der Waals surface area contributed by atoms with Crippen molar-refractivity contribution >= 4 is 11.6 Å². The van der Waals surface area contributed by atoms with Crippen LogP contribution < -0.4 is 14.8 Å². The normalized spacial score (nSPS) is 10.4. The van der Waals surface area contributed by atoms with Crippen LogP contribution in [-0.2, 0) is 4.79 Å². The Morgan fingerprint density at radius 2 is 1.57 bits per heavy atom. The number of amides is 1. The number of nitrogens with zero attached hydrogens (tertiary/aromatic N) is 2. The van der Waals surface area contributed by atoms with Gasteiger partial charge in [0, 0.05) is 5.69 Å². The van der Waals surface area contributed by atoms with Crippen LogP contribution in [0.4, 0.5) is 5.69 Å². The second kappa shape index (κ2) is 8.91. The average Bonchev–Trinajstić information content (AvgIpc) is 3.28. The van der Waals surface area contributed by atoms with Gasteiger partial charge in [-0.3, -0.25) is 4.79 Å². The van der Waals surface area contributed by atoms with Crippen molar-refractivity contribution in [2.45, 2.75) is 0 Å². The smallest absolute Gasteiger partial charge is 0.262 e. The average molecular weight is 401 g/mol. The van der Waals surface area contributed by atoms with Gasteiger partial charge in [0.15, 0.2) is 6.61 Å². The molecule has 0 aliphatic heterocycles. The number of methoxy groups -OCH3 is 1. The van der Waals surface area contributed by atoms with Gasteiger partial charge in [-0.05, 0) is 36.4 Å². The van der Waals surface area contributed by atoms with Crippen LogP contribution in [0.25, 0.3) is 22.8 Å². The number of carbonyl (C=O) groups is 1. The minimum atomic E-state index is -0.265. The molecule has 0 spiro atoms. The van der Waals surface area contributed by atoms with Gasteiger partial charge in [-0.1, -0.05) is 47.6 Å². The molecule has 7 heteroatoms. The fourth-order valence-electron chi connectivity index (χ4n) is 2.90. The number of rotatable bonds is 7. The molecule has 0 aliphatic rings. The molecule has 4 rings (SSSR count). The minimum Gasteiger partial charge on any atom is -0.496 e. The highest BCUT2D eigenvalue weighted by Gasteiger charge is 2.17. The molecule has 0 unspecified atom stereocenters. The zero-order chi connectivity index (χ0) is 20.8. The highest BCUT2D eigenvalue weighted by molar-refractivity contribution is 5.91. The first-order chi connectivity index (χ1) is 14.7. The topological polar surface area (TPSA) is 86.5 Å². The number of hydrogen-bond donors (Lipinski definition) is 1. The SMILES string of the molecule is COc1ccccc1-c1nc(-c2ccccc2OCC(=O)Nc2ccccc2)no1. The molecule has 4 aromatic rings. The third-order valence-electron chi connectivity index (χ3n) is 4.31. The van der Waals surface area contributed by atoms with E-state index >= 15 is 0 Å². The van der Waals surface area contributed by atoms with Gasteiger partial charge in [-0.15, -0.1) is 0 Å². The van der Waals surface area contributed by atoms with Gasteiger partial charge in [-0.2, -0.15) is 4.98 Å². The summed E-state index contributed by atoms with van der Waals surface area (Å²) in [6, 6.07) is 23.8. The predicted octanol–water partition coefficient (Wildman–Crippen LogP) is 4.43. The summed E-state index contributed by atoms with van der Waals surface area (Å²) in [6.07, 6.45) is 0. The zero-order valence-electron chi connectivity index (χ0n) is 16.2. The Labute approximate surface area is 173 Å². The third kappa shape index (κ3) is 4.30. The molecule has 0 atom stereocenters. The van der Waals surface area contributed by atoms with E-state index < -0.39 is 0 Å². The van der Waals surface area contributed by atoms with Crippen LogP contribution >= 0.6 is 0 Å². The summed E-state index contributed by atoms with van der Waals surface area (Å²) >= 11 is 0. The molecule has 1 aromatic heterocycles. The van der Waals surface area contributed by atoms with Crippen molar-refractivity contribution in [3.63, 3.8) is 0 Å². The van der Waals surface area contributed by atoms with Crippen molar-refractivity contribution in [3.8, 4) is 34.3 Å². The van der Waals surface area contributed by atoms with Gasteiger partial charge in [0.2, 0.25) is 5.82 Å². The fraction of sp³-hybridized carbons (Fsp3) is 0.0870. The van der Waals surface area contributed by atoms with Crippen molar-refractivity contribution in [1.82, 2.24) is 10.1 Å². The van der Waals surface area contributed by atoms with Crippen molar-refractivity contribution in [3.05, 3.63) is 78.9 Å². The molecule has 0 aliphatic carbocycles. The van der Waals surface area contributed by atoms with Crippen LogP contribution in [0.2, 0.25) is 0 Å². The van der Waals surface area contributed by atoms with Gasteiger partial charge in [0.25, 0.3) is 11.8 Å². The van der Waals surface area contributed by atoms with E-state index in [-0.39, 0.29) is 12.5 Å². The maximum atomic E-state index is 12.2. The summed E-state index contributed by atoms with van der Waals surface area (Å²) in [4.78, 5) is 16.7. The second-order valence-corrected chi connectivity index (χ2v) is 6.32. The van der Waals surface area contributed by atoms with E-state index in [1.807, 2.05) is 66.7 Å². The van der Waals surface area contributed by atoms with Crippen LogP contribution in [0.15, 0.2) is 83.4 Å². The lowest BCUT2D eigenvalue weighted by molar-refractivity contribution is -0.118. The standard InChI is InChI=1S/C23H19N3O4/c1-28-19-13-7-6-12-18(19)23-25-22(26-30-23)17-11-5-8-14-20(17)29-15-21(27)24-16-9-3-2-4-10-16/h2-14H,15H2,1H3,(H,24,27). The van der Waals surface area contributed by atoms with E-state index in [4.69, 9.17) is 14.0 Å². The molecule has 1 heterocycles. The largest absolute Gasteiger partial charge is 0.496 e. The van der Waals surface area contributed by atoms with Gasteiger partial charge < -0.3 is 19.3 Å². The molecule has 7 nitrogen and oxygen atoms in total. The number of benzene rings is 3. The van der Waals surface area contributed by atoms with E-state index in [0.717, 1.165) is 0 Å². The van der Waals surface area contributed by atoms with Gasteiger partial charge >= 0.3 is 0 Å². The maximum absolute atomic E-state index is 12.2. The van der Waals surface area contributed by atoms with Crippen molar-refractivity contribution in [2.24, 2.45) is 0 Å². The Balaban J connectivity index is 1.51. The summed E-state index contributed by atoms with van der Waals surface area (Å²) in [7, 11) is 1.58. The summed E-state index contributed by atoms with van der Waals surface area (Å²) in [6.45, 7) is -0.150.